The molecule has 96 valence electrons. The lowest BCUT2D eigenvalue weighted by atomic mass is 10.4. The van der Waals surface area contributed by atoms with Gasteiger partial charge in [0, 0.05) is 25.0 Å². The van der Waals surface area contributed by atoms with Gasteiger partial charge < -0.3 is 9.88 Å². The van der Waals surface area contributed by atoms with Crippen molar-refractivity contribution in [3.63, 3.8) is 0 Å². The van der Waals surface area contributed by atoms with Gasteiger partial charge in [0.1, 0.15) is 9.84 Å². The van der Waals surface area contributed by atoms with E-state index in [0.29, 0.717) is 12.5 Å². The van der Waals surface area contributed by atoms with E-state index in [0.717, 1.165) is 5.69 Å². The molecule has 1 heterocycles. The second kappa shape index (κ2) is 5.35. The highest BCUT2D eigenvalue weighted by atomic mass is 32.2. The predicted octanol–water partition coefficient (Wildman–Crippen LogP) is 1.40. The monoisotopic (exact) mass is 257 g/mol. The minimum absolute atomic E-state index is 0.103. The summed E-state index contributed by atoms with van der Waals surface area (Å²) in [6.07, 6.45) is 4.82. The van der Waals surface area contributed by atoms with Crippen LogP contribution in [0.4, 0.5) is 5.95 Å². The smallest absolute Gasteiger partial charge is 0.203 e. The topological polar surface area (TPSA) is 64.0 Å². The fraction of sp³-hybridized carbons (Fsp3) is 0.545. The number of hydrogen-bond acceptors (Lipinski definition) is 4. The lowest BCUT2D eigenvalue weighted by molar-refractivity contribution is 0.564. The number of nitrogens with zero attached hydrogens (tertiary/aromatic N) is 2. The van der Waals surface area contributed by atoms with E-state index in [9.17, 15) is 8.42 Å². The summed E-state index contributed by atoms with van der Waals surface area (Å²) in [7, 11) is -3.00. The first-order chi connectivity index (χ1) is 7.83. The zero-order valence-corrected chi connectivity index (χ0v) is 11.3. The van der Waals surface area contributed by atoms with Crippen LogP contribution in [0.2, 0.25) is 0 Å². The molecule has 1 rings (SSSR count). The van der Waals surface area contributed by atoms with E-state index >= 15 is 0 Å². The summed E-state index contributed by atoms with van der Waals surface area (Å²) in [6.45, 7) is 7.96. The Morgan fingerprint density at radius 3 is 2.82 bits per heavy atom. The summed E-state index contributed by atoms with van der Waals surface area (Å²) >= 11 is 0. The lowest BCUT2D eigenvalue weighted by Crippen LogP contribution is -2.18. The number of anilines is 1. The van der Waals surface area contributed by atoms with E-state index in [1.165, 1.54) is 6.26 Å². The number of hydrogen-bond donors (Lipinski definition) is 1. The molecule has 0 saturated carbocycles. The largest absolute Gasteiger partial charge is 0.352 e. The molecule has 0 fully saturated rings. The van der Waals surface area contributed by atoms with Crippen molar-refractivity contribution in [2.45, 2.75) is 19.9 Å². The van der Waals surface area contributed by atoms with Gasteiger partial charge in [-0.1, -0.05) is 6.08 Å². The SMILES string of the molecule is C=CCNc1nc(C)cn1C(C)CS(C)(=O)=O. The van der Waals surface area contributed by atoms with Crippen LogP contribution in [0.1, 0.15) is 18.7 Å². The van der Waals surface area contributed by atoms with Crippen LogP contribution in [-0.2, 0) is 9.84 Å². The fourth-order valence-corrected chi connectivity index (χ4v) is 2.70. The molecule has 6 heteroatoms. The van der Waals surface area contributed by atoms with Crippen molar-refractivity contribution in [2.75, 3.05) is 23.9 Å². The van der Waals surface area contributed by atoms with Gasteiger partial charge >= 0.3 is 0 Å². The van der Waals surface area contributed by atoms with E-state index < -0.39 is 9.84 Å². The van der Waals surface area contributed by atoms with Gasteiger partial charge in [0.2, 0.25) is 5.95 Å². The lowest BCUT2D eigenvalue weighted by Gasteiger charge is -2.15. The van der Waals surface area contributed by atoms with Crippen LogP contribution in [0.3, 0.4) is 0 Å². The van der Waals surface area contributed by atoms with Crippen molar-refractivity contribution < 1.29 is 8.42 Å². The van der Waals surface area contributed by atoms with Crippen molar-refractivity contribution in [1.82, 2.24) is 9.55 Å². The third-order valence-electron chi connectivity index (χ3n) is 2.28. The highest BCUT2D eigenvalue weighted by Gasteiger charge is 2.16. The van der Waals surface area contributed by atoms with Gasteiger partial charge in [0.25, 0.3) is 0 Å². The van der Waals surface area contributed by atoms with Crippen molar-refractivity contribution >= 4 is 15.8 Å². The molecule has 0 saturated heterocycles. The zero-order valence-electron chi connectivity index (χ0n) is 10.5. The van der Waals surface area contributed by atoms with Gasteiger partial charge in [-0.25, -0.2) is 13.4 Å². The van der Waals surface area contributed by atoms with Gasteiger partial charge in [-0.05, 0) is 13.8 Å². The number of nitrogens with one attached hydrogen (secondary N) is 1. The Kier molecular flexibility index (Phi) is 4.34. The first-order valence-electron chi connectivity index (χ1n) is 5.41. The molecule has 0 aliphatic heterocycles. The van der Waals surface area contributed by atoms with Crippen LogP contribution in [0.5, 0.6) is 0 Å². The molecule has 5 nitrogen and oxygen atoms in total. The average Bonchev–Trinajstić information content (AvgIpc) is 2.54. The summed E-state index contributed by atoms with van der Waals surface area (Å²) in [5.74, 6) is 0.782. The van der Waals surface area contributed by atoms with E-state index in [1.807, 2.05) is 24.6 Å². The average molecular weight is 257 g/mol. The zero-order chi connectivity index (χ0) is 13.1. The molecule has 1 unspecified atom stereocenters. The van der Waals surface area contributed by atoms with Gasteiger partial charge in [0.05, 0.1) is 11.4 Å². The minimum atomic E-state index is -3.00. The van der Waals surface area contributed by atoms with Crippen LogP contribution >= 0.6 is 0 Å². The predicted molar refractivity (Wildman–Crippen MR) is 70.1 cm³/mol. The highest BCUT2D eigenvalue weighted by molar-refractivity contribution is 7.90. The van der Waals surface area contributed by atoms with Crippen LogP contribution in [0, 0.1) is 6.92 Å². The van der Waals surface area contributed by atoms with Crippen LogP contribution in [0.25, 0.3) is 0 Å². The summed E-state index contributed by atoms with van der Waals surface area (Å²) in [6, 6.07) is -0.140. The molecule has 0 aromatic carbocycles. The maximum atomic E-state index is 11.3. The second-order valence-corrected chi connectivity index (χ2v) is 6.41. The first kappa shape index (κ1) is 13.8. The van der Waals surface area contributed by atoms with Crippen molar-refractivity contribution in [3.8, 4) is 0 Å². The molecule has 1 aromatic heterocycles. The molecule has 0 aliphatic rings. The maximum Gasteiger partial charge on any atom is 0.203 e. The second-order valence-electron chi connectivity index (χ2n) is 4.22. The Bertz CT molecular complexity index is 491. The molecule has 1 aromatic rings. The number of imidazole rings is 1. The minimum Gasteiger partial charge on any atom is -0.352 e. The molecule has 1 atom stereocenters. The molecular formula is C11H19N3O2S. The Morgan fingerprint density at radius 1 is 1.65 bits per heavy atom. The van der Waals surface area contributed by atoms with E-state index in [-0.39, 0.29) is 11.8 Å². The Balaban J connectivity index is 2.91. The van der Waals surface area contributed by atoms with E-state index in [2.05, 4.69) is 16.9 Å². The third kappa shape index (κ3) is 4.22. The van der Waals surface area contributed by atoms with Gasteiger partial charge in [-0.2, -0.15) is 0 Å². The number of rotatable bonds is 6. The Morgan fingerprint density at radius 2 is 2.29 bits per heavy atom. The van der Waals surface area contributed by atoms with Gasteiger partial charge in [0.15, 0.2) is 0 Å². The molecule has 1 N–H and O–H groups in total. The number of aryl methyl sites for hydroxylation is 1. The Hall–Kier alpha value is -1.30. The number of sulfone groups is 1. The molecule has 0 spiro atoms. The molecule has 0 amide bonds. The first-order valence-corrected chi connectivity index (χ1v) is 7.47. The van der Waals surface area contributed by atoms with E-state index in [4.69, 9.17) is 0 Å². The maximum absolute atomic E-state index is 11.3. The summed E-state index contributed by atoms with van der Waals surface area (Å²) < 4.78 is 24.4. The molecular weight excluding hydrogens is 238 g/mol. The highest BCUT2D eigenvalue weighted by Crippen LogP contribution is 2.17. The van der Waals surface area contributed by atoms with E-state index in [1.54, 1.807) is 6.08 Å². The fourth-order valence-electron chi connectivity index (χ4n) is 1.66. The Labute approximate surface area is 102 Å². The van der Waals surface area contributed by atoms with Gasteiger partial charge in [-0.15, -0.1) is 6.58 Å². The van der Waals surface area contributed by atoms with Crippen molar-refractivity contribution in [2.24, 2.45) is 0 Å². The number of aromatic nitrogens is 2. The summed E-state index contributed by atoms with van der Waals surface area (Å²) in [5, 5.41) is 3.09. The standard InChI is InChI=1S/C11H19N3O2S/c1-5-6-12-11-13-9(2)7-14(11)10(3)8-17(4,15)16/h5,7,10H,1,6,8H2,2-4H3,(H,12,13). The van der Waals surface area contributed by atoms with Gasteiger partial charge in [-0.3, -0.25) is 0 Å². The molecule has 17 heavy (non-hydrogen) atoms. The molecule has 0 bridgehead atoms. The van der Waals surface area contributed by atoms with Crippen LogP contribution in [-0.4, -0.2) is 36.5 Å². The molecule has 0 aliphatic carbocycles. The molecule has 0 radical (unpaired) electrons. The van der Waals surface area contributed by atoms with Crippen molar-refractivity contribution in [1.29, 1.82) is 0 Å². The third-order valence-corrected chi connectivity index (χ3v) is 3.36. The van der Waals surface area contributed by atoms with Crippen LogP contribution < -0.4 is 5.32 Å². The van der Waals surface area contributed by atoms with Crippen molar-refractivity contribution in [3.05, 3.63) is 24.5 Å². The quantitative estimate of drug-likeness (QED) is 0.782. The van der Waals surface area contributed by atoms with Crippen LogP contribution in [0.15, 0.2) is 18.9 Å². The summed E-state index contributed by atoms with van der Waals surface area (Å²) in [4.78, 5) is 4.31. The normalized spacial score (nSPS) is 13.4. The summed E-state index contributed by atoms with van der Waals surface area (Å²) in [5.41, 5.74) is 0.858.